The Morgan fingerprint density at radius 3 is 3.09 bits per heavy atom. The van der Waals surface area contributed by atoms with Crippen LogP contribution in [0.15, 0.2) is 12.3 Å². The predicted octanol–water partition coefficient (Wildman–Crippen LogP) is 0.989. The van der Waals surface area contributed by atoms with Gasteiger partial charge in [-0.15, -0.1) is 0 Å². The van der Waals surface area contributed by atoms with Crippen molar-refractivity contribution >= 4 is 0 Å². The summed E-state index contributed by atoms with van der Waals surface area (Å²) in [4.78, 5) is 0. The van der Waals surface area contributed by atoms with Crippen molar-refractivity contribution in [2.45, 2.75) is 37.8 Å². The topological polar surface area (TPSA) is 38.0 Å². The second-order valence-corrected chi connectivity index (χ2v) is 3.69. The zero-order valence-corrected chi connectivity index (χ0v) is 6.79. The molecule has 0 spiro atoms. The molecule has 1 fully saturated rings. The molecule has 0 aromatic carbocycles. The van der Waals surface area contributed by atoms with E-state index < -0.39 is 0 Å². The number of allylic oxidation sites excluding steroid dienone is 1. The largest absolute Gasteiger partial charge is 0.387 e. The minimum absolute atomic E-state index is 0.388. The average Bonchev–Trinajstić information content (AvgIpc) is 2.06. The second-order valence-electron chi connectivity index (χ2n) is 3.69. The monoisotopic (exact) mass is 152 g/mol. The first kappa shape index (κ1) is 7.17. The maximum absolute atomic E-state index is 5.99. The van der Waals surface area contributed by atoms with Crippen LogP contribution < -0.4 is 11.1 Å². The van der Waals surface area contributed by atoms with Crippen LogP contribution in [0.4, 0.5) is 0 Å². The van der Waals surface area contributed by atoms with Gasteiger partial charge in [-0.25, -0.2) is 0 Å². The van der Waals surface area contributed by atoms with Crippen LogP contribution >= 0.6 is 0 Å². The Bertz CT molecular complexity index is 165. The zero-order chi connectivity index (χ0) is 7.68. The van der Waals surface area contributed by atoms with Gasteiger partial charge in [-0.1, -0.05) is 12.5 Å². The van der Waals surface area contributed by atoms with Crippen LogP contribution in [-0.4, -0.2) is 12.1 Å². The summed E-state index contributed by atoms with van der Waals surface area (Å²) < 4.78 is 0. The molecule has 0 saturated heterocycles. The molecule has 0 aromatic rings. The van der Waals surface area contributed by atoms with E-state index in [0.717, 1.165) is 5.92 Å². The van der Waals surface area contributed by atoms with Crippen molar-refractivity contribution in [3.63, 3.8) is 0 Å². The van der Waals surface area contributed by atoms with Gasteiger partial charge in [0.05, 0.1) is 0 Å². The fraction of sp³-hybridized carbons (Fsp3) is 0.778. The molecule has 1 saturated carbocycles. The van der Waals surface area contributed by atoms with Gasteiger partial charge in [-0.3, -0.25) is 0 Å². The molecule has 2 nitrogen and oxygen atoms in total. The van der Waals surface area contributed by atoms with E-state index in [1.165, 1.54) is 25.7 Å². The predicted molar refractivity (Wildman–Crippen MR) is 46.0 cm³/mol. The Morgan fingerprint density at radius 2 is 2.27 bits per heavy atom. The van der Waals surface area contributed by atoms with E-state index in [2.05, 4.69) is 17.6 Å². The molecule has 11 heavy (non-hydrogen) atoms. The highest BCUT2D eigenvalue weighted by atomic mass is 15.0. The molecule has 2 rings (SSSR count). The van der Waals surface area contributed by atoms with Crippen molar-refractivity contribution < 1.29 is 0 Å². The van der Waals surface area contributed by atoms with E-state index in [9.17, 15) is 0 Å². The fourth-order valence-electron chi connectivity index (χ4n) is 2.27. The highest BCUT2D eigenvalue weighted by Gasteiger charge is 2.30. The summed E-state index contributed by atoms with van der Waals surface area (Å²) in [5, 5.41) is 3.37. The molecule has 2 aliphatic rings. The number of hydrogen-bond acceptors (Lipinski definition) is 2. The van der Waals surface area contributed by atoms with Crippen LogP contribution in [0, 0.1) is 5.92 Å². The van der Waals surface area contributed by atoms with Gasteiger partial charge in [0.1, 0.15) is 0 Å². The van der Waals surface area contributed by atoms with Crippen LogP contribution in [0.5, 0.6) is 0 Å². The summed E-state index contributed by atoms with van der Waals surface area (Å²) in [6.45, 7) is 0. The smallest absolute Gasteiger partial charge is 0.0438 e. The maximum Gasteiger partial charge on any atom is 0.0438 e. The van der Waals surface area contributed by atoms with Gasteiger partial charge >= 0.3 is 0 Å². The lowest BCUT2D eigenvalue weighted by Gasteiger charge is -2.38. The van der Waals surface area contributed by atoms with Crippen molar-refractivity contribution in [2.24, 2.45) is 11.7 Å². The van der Waals surface area contributed by atoms with Gasteiger partial charge in [0.25, 0.3) is 0 Å². The van der Waals surface area contributed by atoms with Crippen molar-refractivity contribution in [3.05, 3.63) is 12.3 Å². The maximum atomic E-state index is 5.99. The van der Waals surface area contributed by atoms with Gasteiger partial charge in [-0.05, 0) is 31.4 Å². The van der Waals surface area contributed by atoms with Crippen LogP contribution in [0.2, 0.25) is 0 Å². The van der Waals surface area contributed by atoms with Gasteiger partial charge in [0.15, 0.2) is 0 Å². The van der Waals surface area contributed by atoms with E-state index in [1.807, 2.05) is 0 Å². The molecule has 62 valence electrons. The second kappa shape index (κ2) is 2.86. The molecule has 1 aliphatic carbocycles. The highest BCUT2D eigenvalue weighted by Crippen LogP contribution is 2.28. The molecule has 3 N–H and O–H groups in total. The van der Waals surface area contributed by atoms with Crippen molar-refractivity contribution in [2.75, 3.05) is 0 Å². The summed E-state index contributed by atoms with van der Waals surface area (Å²) in [5.74, 6) is 0.809. The first-order valence-corrected chi connectivity index (χ1v) is 4.54. The summed E-state index contributed by atoms with van der Waals surface area (Å²) in [6, 6.07) is 0.951. The van der Waals surface area contributed by atoms with Crippen molar-refractivity contribution in [3.8, 4) is 0 Å². The molecule has 3 atom stereocenters. The Hall–Kier alpha value is -0.500. The molecule has 0 radical (unpaired) electrons. The molecule has 2 heteroatoms. The van der Waals surface area contributed by atoms with Crippen LogP contribution in [0.3, 0.4) is 0 Å². The first-order chi connectivity index (χ1) is 5.38. The summed E-state index contributed by atoms with van der Waals surface area (Å²) >= 11 is 0. The number of rotatable bonds is 0. The van der Waals surface area contributed by atoms with E-state index in [1.54, 1.807) is 0 Å². The summed E-state index contributed by atoms with van der Waals surface area (Å²) in [6.07, 6.45) is 9.38. The van der Waals surface area contributed by atoms with Crippen LogP contribution in [-0.2, 0) is 0 Å². The Kier molecular flexibility index (Phi) is 1.86. The third kappa shape index (κ3) is 1.27. The summed E-state index contributed by atoms with van der Waals surface area (Å²) in [7, 11) is 0. The Morgan fingerprint density at radius 1 is 1.36 bits per heavy atom. The summed E-state index contributed by atoms with van der Waals surface area (Å²) in [5.41, 5.74) is 5.99. The Balaban J connectivity index is 2.07. The van der Waals surface area contributed by atoms with Gasteiger partial charge in [-0.2, -0.15) is 0 Å². The molecule has 1 aliphatic heterocycles. The van der Waals surface area contributed by atoms with Crippen molar-refractivity contribution in [1.82, 2.24) is 5.32 Å². The minimum Gasteiger partial charge on any atom is -0.387 e. The van der Waals surface area contributed by atoms with Gasteiger partial charge in [0.2, 0.25) is 0 Å². The molecule has 0 bridgehead atoms. The molecule has 1 heterocycles. The van der Waals surface area contributed by atoms with Gasteiger partial charge < -0.3 is 11.1 Å². The Labute approximate surface area is 67.8 Å². The third-order valence-electron chi connectivity index (χ3n) is 2.93. The zero-order valence-electron chi connectivity index (χ0n) is 6.79. The van der Waals surface area contributed by atoms with Crippen molar-refractivity contribution in [1.29, 1.82) is 0 Å². The highest BCUT2D eigenvalue weighted by molar-refractivity contribution is 5.01. The average molecular weight is 152 g/mol. The van der Waals surface area contributed by atoms with Crippen LogP contribution in [0.1, 0.15) is 25.7 Å². The minimum atomic E-state index is 0.388. The van der Waals surface area contributed by atoms with Gasteiger partial charge in [0, 0.05) is 12.1 Å². The number of nitrogens with two attached hydrogens (primary N) is 1. The first-order valence-electron chi connectivity index (χ1n) is 4.54. The third-order valence-corrected chi connectivity index (χ3v) is 2.93. The van der Waals surface area contributed by atoms with E-state index in [0.29, 0.717) is 12.1 Å². The number of fused-ring (bicyclic) bond motifs is 1. The van der Waals surface area contributed by atoms with Crippen LogP contribution in [0.25, 0.3) is 0 Å². The lowest BCUT2D eigenvalue weighted by molar-refractivity contribution is 0.240. The molecule has 3 unspecified atom stereocenters. The molecule has 0 aromatic heterocycles. The molecular weight excluding hydrogens is 136 g/mol. The quantitative estimate of drug-likeness (QED) is 0.543. The van der Waals surface area contributed by atoms with E-state index in [-0.39, 0.29) is 0 Å². The molecular formula is C9H16N2. The number of hydrogen-bond donors (Lipinski definition) is 2. The van der Waals surface area contributed by atoms with E-state index >= 15 is 0 Å². The fourth-order valence-corrected chi connectivity index (χ4v) is 2.27. The lowest BCUT2D eigenvalue weighted by atomic mass is 9.78. The standard InChI is InChI=1S/C9H16N2/c10-8-5-1-3-7-4-2-6-11-9(7)8/h2,6-9,11H,1,3-5,10H2. The van der Waals surface area contributed by atoms with E-state index in [4.69, 9.17) is 5.73 Å². The normalized spacial score (nSPS) is 42.8. The SMILES string of the molecule is NC1CCCC2CC=CNC12. The lowest BCUT2D eigenvalue weighted by Crippen LogP contribution is -2.51. The molecule has 0 amide bonds. The number of nitrogens with one attached hydrogen (secondary N) is 1.